The predicted octanol–water partition coefficient (Wildman–Crippen LogP) is 3.72. The monoisotopic (exact) mass is 375 g/mol. The number of rotatable bonds is 11. The number of para-hydroxylation sites is 1. The molecule has 0 radical (unpaired) electrons. The lowest BCUT2D eigenvalue weighted by atomic mass is 9.94. The van der Waals surface area contributed by atoms with Gasteiger partial charge in [0.1, 0.15) is 5.75 Å². The Hall–Kier alpha value is -1.75. The average Bonchev–Trinajstić information content (AvgIpc) is 2.61. The van der Waals surface area contributed by atoms with Crippen LogP contribution in [0.25, 0.3) is 0 Å². The van der Waals surface area contributed by atoms with Crippen LogP contribution in [0, 0.1) is 11.8 Å². The number of hydrogen-bond acceptors (Lipinski definition) is 3. The molecule has 1 aromatic carbocycles. The van der Waals surface area contributed by atoms with Crippen LogP contribution in [0.1, 0.15) is 58.4 Å². The Balaban J connectivity index is 1.96. The molecule has 0 heterocycles. The molecule has 2 rings (SSSR count). The molecule has 1 atom stereocenters. The Morgan fingerprint density at radius 1 is 1.26 bits per heavy atom. The van der Waals surface area contributed by atoms with Crippen molar-refractivity contribution in [2.45, 2.75) is 65.5 Å². The van der Waals surface area contributed by atoms with Crippen LogP contribution in [0.3, 0.4) is 0 Å². The summed E-state index contributed by atoms with van der Waals surface area (Å²) >= 11 is 0. The van der Waals surface area contributed by atoms with E-state index in [0.29, 0.717) is 24.5 Å². The molecule has 0 spiro atoms. The molecule has 0 saturated heterocycles. The second-order valence-corrected chi connectivity index (χ2v) is 7.86. The number of nitrogens with one attached hydrogen (secondary N) is 2. The van der Waals surface area contributed by atoms with Gasteiger partial charge in [0, 0.05) is 25.3 Å². The van der Waals surface area contributed by atoms with Gasteiger partial charge in [0.15, 0.2) is 5.96 Å². The number of guanidine groups is 1. The van der Waals surface area contributed by atoms with Crippen LogP contribution >= 0.6 is 0 Å². The smallest absolute Gasteiger partial charge is 0.191 e. The Morgan fingerprint density at radius 3 is 2.67 bits per heavy atom. The molecule has 1 aliphatic rings. The molecule has 1 fully saturated rings. The second kappa shape index (κ2) is 11.9. The number of benzene rings is 1. The molecule has 0 amide bonds. The molecule has 1 aliphatic carbocycles. The van der Waals surface area contributed by atoms with Crippen molar-refractivity contribution in [2.24, 2.45) is 16.8 Å². The van der Waals surface area contributed by atoms with Gasteiger partial charge in [-0.25, -0.2) is 4.99 Å². The number of nitrogens with zero attached hydrogens (tertiary/aromatic N) is 1. The number of aliphatic hydroxyl groups is 1. The number of aliphatic imine (C=N–C) groups is 1. The zero-order valence-electron chi connectivity index (χ0n) is 17.2. The van der Waals surface area contributed by atoms with Crippen molar-refractivity contribution in [2.75, 3.05) is 19.7 Å². The molecule has 0 aliphatic heterocycles. The Kier molecular flexibility index (Phi) is 9.46. The van der Waals surface area contributed by atoms with E-state index in [0.717, 1.165) is 56.0 Å². The van der Waals surface area contributed by atoms with Crippen molar-refractivity contribution >= 4 is 5.96 Å². The van der Waals surface area contributed by atoms with Gasteiger partial charge < -0.3 is 20.5 Å². The molecule has 152 valence electrons. The summed E-state index contributed by atoms with van der Waals surface area (Å²) in [5, 5.41) is 16.1. The predicted molar refractivity (Wildman–Crippen MR) is 112 cm³/mol. The van der Waals surface area contributed by atoms with Crippen molar-refractivity contribution in [1.82, 2.24) is 10.6 Å². The zero-order chi connectivity index (χ0) is 19.5. The van der Waals surface area contributed by atoms with Gasteiger partial charge in [-0.3, -0.25) is 0 Å². The van der Waals surface area contributed by atoms with Crippen molar-refractivity contribution in [3.8, 4) is 5.75 Å². The third-order valence-corrected chi connectivity index (χ3v) is 4.97. The quantitative estimate of drug-likeness (QED) is 0.407. The van der Waals surface area contributed by atoms with Crippen LogP contribution in [-0.2, 0) is 6.54 Å². The van der Waals surface area contributed by atoms with Crippen molar-refractivity contribution in [3.63, 3.8) is 0 Å². The summed E-state index contributed by atoms with van der Waals surface area (Å²) in [6.45, 7) is 8.99. The minimum atomic E-state index is 0.235. The number of aliphatic hydroxyl groups excluding tert-OH is 1. The minimum Gasteiger partial charge on any atom is -0.490 e. The molecule has 27 heavy (non-hydrogen) atoms. The van der Waals surface area contributed by atoms with Crippen LogP contribution in [0.2, 0.25) is 0 Å². The Labute approximate surface area is 164 Å². The van der Waals surface area contributed by atoms with E-state index in [9.17, 15) is 5.11 Å². The van der Waals surface area contributed by atoms with Gasteiger partial charge in [-0.15, -0.1) is 0 Å². The first-order chi connectivity index (χ1) is 13.1. The van der Waals surface area contributed by atoms with E-state index in [1.54, 1.807) is 0 Å². The third-order valence-electron chi connectivity index (χ3n) is 4.97. The third kappa shape index (κ3) is 7.79. The highest BCUT2D eigenvalue weighted by atomic mass is 16.5. The first-order valence-corrected chi connectivity index (χ1v) is 10.5. The van der Waals surface area contributed by atoms with E-state index in [2.05, 4.69) is 37.5 Å². The summed E-state index contributed by atoms with van der Waals surface area (Å²) in [6.07, 6.45) is 5.88. The Bertz CT molecular complexity index is 570. The summed E-state index contributed by atoms with van der Waals surface area (Å²) in [5.74, 6) is 2.86. The van der Waals surface area contributed by atoms with Gasteiger partial charge in [-0.05, 0) is 56.9 Å². The lowest BCUT2D eigenvalue weighted by Gasteiger charge is -2.27. The topological polar surface area (TPSA) is 65.9 Å². The molecule has 5 nitrogen and oxygen atoms in total. The van der Waals surface area contributed by atoms with Crippen LogP contribution in [0.5, 0.6) is 5.75 Å². The van der Waals surface area contributed by atoms with Gasteiger partial charge in [0.2, 0.25) is 0 Å². The van der Waals surface area contributed by atoms with E-state index < -0.39 is 0 Å². The van der Waals surface area contributed by atoms with Crippen molar-refractivity contribution in [3.05, 3.63) is 29.8 Å². The minimum absolute atomic E-state index is 0.235. The van der Waals surface area contributed by atoms with Crippen LogP contribution in [-0.4, -0.2) is 36.9 Å². The fraction of sp³-hybridized carbons (Fsp3) is 0.682. The molecule has 1 unspecified atom stereocenters. The molecule has 1 aromatic rings. The van der Waals surface area contributed by atoms with E-state index >= 15 is 0 Å². The van der Waals surface area contributed by atoms with E-state index in [1.165, 1.54) is 6.42 Å². The molecule has 5 heteroatoms. The second-order valence-electron chi connectivity index (χ2n) is 7.86. The Morgan fingerprint density at radius 2 is 2.04 bits per heavy atom. The van der Waals surface area contributed by atoms with Crippen molar-refractivity contribution < 1.29 is 9.84 Å². The highest BCUT2D eigenvalue weighted by Gasteiger charge is 2.20. The SMILES string of the molecule is CCNC(=NCc1ccccc1OC1CCC1)NCC(CCO)CC(C)C. The average molecular weight is 376 g/mol. The van der Waals surface area contributed by atoms with E-state index in [-0.39, 0.29) is 6.61 Å². The fourth-order valence-electron chi connectivity index (χ4n) is 3.32. The number of hydrogen-bond donors (Lipinski definition) is 3. The molecule has 3 N–H and O–H groups in total. The fourth-order valence-corrected chi connectivity index (χ4v) is 3.32. The standard InChI is InChI=1S/C22H37N3O2/c1-4-23-22(24-15-18(12-13-26)14-17(2)3)25-16-19-8-5-6-11-21(19)27-20-9-7-10-20/h5-6,8,11,17-18,20,26H,4,7,9-10,12-16H2,1-3H3,(H2,23,24,25). The van der Waals surface area contributed by atoms with E-state index in [4.69, 9.17) is 9.73 Å². The lowest BCUT2D eigenvalue weighted by Crippen LogP contribution is -2.40. The molecule has 1 saturated carbocycles. The molecular weight excluding hydrogens is 338 g/mol. The summed E-state index contributed by atoms with van der Waals surface area (Å²) in [4.78, 5) is 4.76. The maximum atomic E-state index is 9.31. The van der Waals surface area contributed by atoms with Gasteiger partial charge >= 0.3 is 0 Å². The van der Waals surface area contributed by atoms with Crippen molar-refractivity contribution in [1.29, 1.82) is 0 Å². The first-order valence-electron chi connectivity index (χ1n) is 10.5. The maximum Gasteiger partial charge on any atom is 0.191 e. The lowest BCUT2D eigenvalue weighted by molar-refractivity contribution is 0.119. The van der Waals surface area contributed by atoms with Crippen LogP contribution in [0.4, 0.5) is 0 Å². The highest BCUT2D eigenvalue weighted by molar-refractivity contribution is 5.79. The van der Waals surface area contributed by atoms with Gasteiger partial charge in [-0.1, -0.05) is 32.0 Å². The summed E-state index contributed by atoms with van der Waals surface area (Å²) in [6, 6.07) is 8.20. The highest BCUT2D eigenvalue weighted by Crippen LogP contribution is 2.27. The van der Waals surface area contributed by atoms with E-state index in [1.807, 2.05) is 18.2 Å². The first kappa shape index (κ1) is 21.5. The molecule has 0 aromatic heterocycles. The van der Waals surface area contributed by atoms with Crippen LogP contribution < -0.4 is 15.4 Å². The van der Waals surface area contributed by atoms with Gasteiger partial charge in [0.05, 0.1) is 12.6 Å². The largest absolute Gasteiger partial charge is 0.490 e. The van der Waals surface area contributed by atoms with Gasteiger partial charge in [0.25, 0.3) is 0 Å². The maximum absolute atomic E-state index is 9.31. The summed E-state index contributed by atoms with van der Waals surface area (Å²) in [7, 11) is 0. The normalized spacial score (nSPS) is 16.1. The zero-order valence-corrected chi connectivity index (χ0v) is 17.2. The van der Waals surface area contributed by atoms with Crippen LogP contribution in [0.15, 0.2) is 29.3 Å². The summed E-state index contributed by atoms with van der Waals surface area (Å²) in [5.41, 5.74) is 1.12. The number of ether oxygens (including phenoxy) is 1. The van der Waals surface area contributed by atoms with Gasteiger partial charge in [-0.2, -0.15) is 0 Å². The molecule has 0 bridgehead atoms. The summed E-state index contributed by atoms with van der Waals surface area (Å²) < 4.78 is 6.11. The molecular formula is C22H37N3O2.